The van der Waals surface area contributed by atoms with Crippen LogP contribution in [0.3, 0.4) is 0 Å². The van der Waals surface area contributed by atoms with E-state index in [1.54, 1.807) is 18.5 Å². The zero-order valence-corrected chi connectivity index (χ0v) is 11.4. The molecule has 3 rings (SSSR count). The second kappa shape index (κ2) is 5.83. The summed E-state index contributed by atoms with van der Waals surface area (Å²) in [5, 5.41) is 13.8. The largest absolute Gasteiger partial charge is 0.340 e. The lowest BCUT2D eigenvalue weighted by atomic mass is 10.2. The standard InChI is InChI=1S/C13H12N4O2.ClH/c18-17(19)10-6-4-9(5-7-10)16-13-11-2-1-3-12(11)14-8-15-13;/h4-8H,1-3H2,(H,14,15,16);1H. The molecule has 20 heavy (non-hydrogen) atoms. The normalized spacial score (nSPS) is 12.4. The van der Waals surface area contributed by atoms with E-state index in [1.165, 1.54) is 12.1 Å². The van der Waals surface area contributed by atoms with Gasteiger partial charge in [0.1, 0.15) is 12.1 Å². The van der Waals surface area contributed by atoms with Gasteiger partial charge in [0.2, 0.25) is 0 Å². The Kier molecular flexibility index (Phi) is 4.14. The Hall–Kier alpha value is -2.21. The van der Waals surface area contributed by atoms with Crippen molar-refractivity contribution in [3.05, 3.63) is 52.0 Å². The number of hydrogen-bond acceptors (Lipinski definition) is 5. The molecule has 1 heterocycles. The summed E-state index contributed by atoms with van der Waals surface area (Å²) in [6.07, 6.45) is 4.62. The van der Waals surface area contributed by atoms with Crippen molar-refractivity contribution in [1.82, 2.24) is 9.97 Å². The van der Waals surface area contributed by atoms with Gasteiger partial charge < -0.3 is 5.32 Å². The van der Waals surface area contributed by atoms with Crippen LogP contribution in [0.1, 0.15) is 17.7 Å². The number of anilines is 2. The van der Waals surface area contributed by atoms with Crippen LogP contribution in [0, 0.1) is 10.1 Å². The van der Waals surface area contributed by atoms with Gasteiger partial charge >= 0.3 is 0 Å². The number of aryl methyl sites for hydroxylation is 1. The smallest absolute Gasteiger partial charge is 0.269 e. The average molecular weight is 293 g/mol. The molecule has 1 aliphatic rings. The van der Waals surface area contributed by atoms with Gasteiger partial charge in [0.05, 0.1) is 4.92 Å². The number of nitro groups is 1. The molecule has 0 spiro atoms. The van der Waals surface area contributed by atoms with Gasteiger partial charge in [-0.05, 0) is 31.4 Å². The minimum atomic E-state index is -0.411. The summed E-state index contributed by atoms with van der Waals surface area (Å²) >= 11 is 0. The van der Waals surface area contributed by atoms with E-state index in [2.05, 4.69) is 15.3 Å². The van der Waals surface area contributed by atoms with Gasteiger partial charge in [0, 0.05) is 29.1 Å². The number of nitrogens with zero attached hydrogens (tertiary/aromatic N) is 3. The Labute approximate surface area is 121 Å². The third-order valence-corrected chi connectivity index (χ3v) is 3.22. The second-order valence-electron chi connectivity index (χ2n) is 4.43. The van der Waals surface area contributed by atoms with Gasteiger partial charge in [-0.15, -0.1) is 12.4 Å². The van der Waals surface area contributed by atoms with Crippen molar-refractivity contribution in [2.45, 2.75) is 19.3 Å². The minimum Gasteiger partial charge on any atom is -0.340 e. The predicted molar refractivity (Wildman–Crippen MR) is 77.7 cm³/mol. The summed E-state index contributed by atoms with van der Waals surface area (Å²) in [6, 6.07) is 6.32. The zero-order chi connectivity index (χ0) is 13.2. The van der Waals surface area contributed by atoms with Crippen LogP contribution in [0.15, 0.2) is 30.6 Å². The molecule has 0 bridgehead atoms. The third-order valence-electron chi connectivity index (χ3n) is 3.22. The maximum atomic E-state index is 10.6. The van der Waals surface area contributed by atoms with Crippen LogP contribution in [0.4, 0.5) is 17.2 Å². The molecule has 0 radical (unpaired) electrons. The van der Waals surface area contributed by atoms with Crippen molar-refractivity contribution in [2.75, 3.05) is 5.32 Å². The molecule has 1 aromatic heterocycles. The summed E-state index contributed by atoms with van der Waals surface area (Å²) < 4.78 is 0. The lowest BCUT2D eigenvalue weighted by Crippen LogP contribution is -2.00. The lowest BCUT2D eigenvalue weighted by molar-refractivity contribution is -0.384. The SMILES string of the molecule is Cl.O=[N+]([O-])c1ccc(Nc2ncnc3c2CCC3)cc1. The number of benzene rings is 1. The summed E-state index contributed by atoms with van der Waals surface area (Å²) in [5.41, 5.74) is 3.12. The van der Waals surface area contributed by atoms with Gasteiger partial charge in [-0.3, -0.25) is 10.1 Å². The Morgan fingerprint density at radius 3 is 2.60 bits per heavy atom. The summed E-state index contributed by atoms with van der Waals surface area (Å²) in [5.74, 6) is 0.802. The highest BCUT2D eigenvalue weighted by atomic mass is 35.5. The van der Waals surface area contributed by atoms with E-state index in [1.807, 2.05) is 0 Å². The molecule has 0 atom stereocenters. The first kappa shape index (κ1) is 14.2. The molecule has 0 fully saturated rings. The molecular formula is C13H13ClN4O2. The Balaban J connectivity index is 0.00000147. The van der Waals surface area contributed by atoms with Gasteiger partial charge in [-0.25, -0.2) is 9.97 Å². The van der Waals surface area contributed by atoms with Crippen molar-refractivity contribution >= 4 is 29.6 Å². The Bertz CT molecular complexity index is 631. The van der Waals surface area contributed by atoms with Crippen molar-refractivity contribution in [3.8, 4) is 0 Å². The fraction of sp³-hybridized carbons (Fsp3) is 0.231. The quantitative estimate of drug-likeness (QED) is 0.694. The first-order chi connectivity index (χ1) is 9.24. The molecule has 1 aromatic carbocycles. The number of nitrogens with one attached hydrogen (secondary N) is 1. The molecule has 6 nitrogen and oxygen atoms in total. The summed E-state index contributed by atoms with van der Waals surface area (Å²) in [4.78, 5) is 18.7. The van der Waals surface area contributed by atoms with Crippen molar-refractivity contribution < 1.29 is 4.92 Å². The minimum absolute atomic E-state index is 0. The van der Waals surface area contributed by atoms with Gasteiger partial charge in [-0.2, -0.15) is 0 Å². The van der Waals surface area contributed by atoms with E-state index in [0.29, 0.717) is 0 Å². The van der Waals surface area contributed by atoms with Crippen LogP contribution in [0.2, 0.25) is 0 Å². The Morgan fingerprint density at radius 2 is 1.90 bits per heavy atom. The van der Waals surface area contributed by atoms with Crippen LogP contribution in [-0.4, -0.2) is 14.9 Å². The van der Waals surface area contributed by atoms with E-state index >= 15 is 0 Å². The third kappa shape index (κ3) is 2.70. The highest BCUT2D eigenvalue weighted by molar-refractivity contribution is 5.85. The van der Waals surface area contributed by atoms with Crippen molar-refractivity contribution in [1.29, 1.82) is 0 Å². The van der Waals surface area contributed by atoms with Gasteiger partial charge in [0.15, 0.2) is 0 Å². The second-order valence-corrected chi connectivity index (χ2v) is 4.43. The van der Waals surface area contributed by atoms with Crippen LogP contribution in [0.5, 0.6) is 0 Å². The molecule has 1 aliphatic carbocycles. The molecule has 0 saturated heterocycles. The number of hydrogen-bond donors (Lipinski definition) is 1. The molecule has 0 saturated carbocycles. The van der Waals surface area contributed by atoms with Crippen LogP contribution in [0.25, 0.3) is 0 Å². The topological polar surface area (TPSA) is 81.0 Å². The number of fused-ring (bicyclic) bond motifs is 1. The zero-order valence-electron chi connectivity index (χ0n) is 10.6. The number of aromatic nitrogens is 2. The monoisotopic (exact) mass is 292 g/mol. The van der Waals surface area contributed by atoms with Gasteiger partial charge in [-0.1, -0.05) is 0 Å². The molecule has 0 aliphatic heterocycles. The fourth-order valence-corrected chi connectivity index (χ4v) is 2.27. The van der Waals surface area contributed by atoms with Gasteiger partial charge in [0.25, 0.3) is 5.69 Å². The molecule has 0 amide bonds. The molecule has 0 unspecified atom stereocenters. The van der Waals surface area contributed by atoms with E-state index in [4.69, 9.17) is 0 Å². The maximum absolute atomic E-state index is 10.6. The fourth-order valence-electron chi connectivity index (χ4n) is 2.27. The first-order valence-electron chi connectivity index (χ1n) is 6.08. The van der Waals surface area contributed by atoms with Crippen LogP contribution in [-0.2, 0) is 12.8 Å². The molecule has 2 aromatic rings. The molecule has 1 N–H and O–H groups in total. The first-order valence-corrected chi connectivity index (χ1v) is 6.08. The predicted octanol–water partition coefficient (Wildman–Crippen LogP) is 3.04. The number of non-ortho nitro benzene ring substituents is 1. The summed E-state index contributed by atoms with van der Waals surface area (Å²) in [7, 11) is 0. The van der Waals surface area contributed by atoms with Crippen molar-refractivity contribution in [2.24, 2.45) is 0 Å². The van der Waals surface area contributed by atoms with Crippen molar-refractivity contribution in [3.63, 3.8) is 0 Å². The lowest BCUT2D eigenvalue weighted by Gasteiger charge is -2.09. The molecule has 104 valence electrons. The Morgan fingerprint density at radius 1 is 1.15 bits per heavy atom. The van der Waals surface area contributed by atoms with E-state index in [9.17, 15) is 10.1 Å². The number of rotatable bonds is 3. The maximum Gasteiger partial charge on any atom is 0.269 e. The van der Waals surface area contributed by atoms with Crippen LogP contribution < -0.4 is 5.32 Å². The molecule has 7 heteroatoms. The number of nitro benzene ring substituents is 1. The summed E-state index contributed by atoms with van der Waals surface area (Å²) in [6.45, 7) is 0. The molecular weight excluding hydrogens is 280 g/mol. The highest BCUT2D eigenvalue weighted by Gasteiger charge is 2.17. The average Bonchev–Trinajstić information content (AvgIpc) is 2.89. The van der Waals surface area contributed by atoms with Crippen LogP contribution >= 0.6 is 12.4 Å². The van der Waals surface area contributed by atoms with E-state index in [-0.39, 0.29) is 18.1 Å². The highest BCUT2D eigenvalue weighted by Crippen LogP contribution is 2.27. The number of halogens is 1. The van der Waals surface area contributed by atoms with E-state index < -0.39 is 4.92 Å². The van der Waals surface area contributed by atoms with E-state index in [0.717, 1.165) is 42.0 Å².